The Morgan fingerprint density at radius 2 is 1.73 bits per heavy atom. The van der Waals surface area contributed by atoms with Crippen LogP contribution in [0.15, 0.2) is 108 Å². The molecule has 3 aliphatic rings. The highest BCUT2D eigenvalue weighted by molar-refractivity contribution is 8.15. The van der Waals surface area contributed by atoms with Crippen LogP contribution in [0.1, 0.15) is 29.2 Å². The van der Waals surface area contributed by atoms with Gasteiger partial charge in [0.15, 0.2) is 5.17 Å². The summed E-state index contributed by atoms with van der Waals surface area (Å²) >= 11 is 1.37. The zero-order valence-corrected chi connectivity index (χ0v) is 27.7. The number of aliphatic hydroxyl groups excluding tert-OH is 1. The van der Waals surface area contributed by atoms with Crippen LogP contribution < -0.4 is 15.1 Å². The Hall–Kier alpha value is -4.59. The Morgan fingerprint density at radius 1 is 0.980 bits per heavy atom. The highest BCUT2D eigenvalue weighted by Crippen LogP contribution is 2.42. The lowest BCUT2D eigenvalue weighted by Crippen LogP contribution is -2.46. The highest BCUT2D eigenvalue weighted by Gasteiger charge is 2.41. The highest BCUT2D eigenvalue weighted by atomic mass is 32.2. The molecule has 0 bridgehead atoms. The Bertz CT molecular complexity index is 1750. The first-order chi connectivity index (χ1) is 24.0. The van der Waals surface area contributed by atoms with E-state index >= 15 is 0 Å². The lowest BCUT2D eigenvalue weighted by Gasteiger charge is -2.28. The van der Waals surface area contributed by atoms with E-state index in [9.17, 15) is 14.7 Å². The molecule has 3 aliphatic heterocycles. The molecule has 0 radical (unpaired) electrons. The van der Waals surface area contributed by atoms with Crippen LogP contribution in [0.3, 0.4) is 0 Å². The molecule has 2 unspecified atom stereocenters. The molecule has 3 saturated heterocycles. The third-order valence-corrected chi connectivity index (χ3v) is 9.99. The van der Waals surface area contributed by atoms with E-state index in [1.54, 1.807) is 34.2 Å². The number of rotatable bonds is 10. The van der Waals surface area contributed by atoms with E-state index in [-0.39, 0.29) is 18.4 Å². The summed E-state index contributed by atoms with van der Waals surface area (Å²) in [6.45, 7) is 3.93. The number of ether oxygens (including phenoxy) is 2. The number of hydrogen-bond donors (Lipinski definition) is 2. The van der Waals surface area contributed by atoms with E-state index < -0.39 is 17.7 Å². The van der Waals surface area contributed by atoms with E-state index in [0.717, 1.165) is 42.0 Å². The SMILES string of the molecule is O=C(Nc1ccc(C2SC(=Nc3ccc(N4CCOCC4)cc3)N(c3ccccn3)C2=O)cc1)[C@@H]1CCCN1C(O)OCc1ccccc1. The second-order valence-corrected chi connectivity index (χ2v) is 13.1. The molecule has 0 aliphatic carbocycles. The maximum Gasteiger partial charge on any atom is 0.252 e. The second-order valence-electron chi connectivity index (χ2n) is 12.0. The zero-order chi connectivity index (χ0) is 33.6. The van der Waals surface area contributed by atoms with E-state index in [4.69, 9.17) is 14.5 Å². The van der Waals surface area contributed by atoms with Crippen LogP contribution in [0.2, 0.25) is 0 Å². The van der Waals surface area contributed by atoms with Crippen molar-refractivity contribution in [2.45, 2.75) is 37.2 Å². The fourth-order valence-corrected chi connectivity index (χ4v) is 7.37. The molecule has 7 rings (SSSR count). The van der Waals surface area contributed by atoms with Gasteiger partial charge in [0.1, 0.15) is 11.1 Å². The van der Waals surface area contributed by atoms with E-state index in [2.05, 4.69) is 15.2 Å². The van der Waals surface area contributed by atoms with Crippen LogP contribution in [-0.4, -0.2) is 77.3 Å². The molecule has 252 valence electrons. The van der Waals surface area contributed by atoms with Crippen molar-refractivity contribution >= 4 is 51.6 Å². The van der Waals surface area contributed by atoms with Gasteiger partial charge in [0.25, 0.3) is 5.91 Å². The summed E-state index contributed by atoms with van der Waals surface area (Å²) < 4.78 is 11.2. The van der Waals surface area contributed by atoms with Gasteiger partial charge in [0.05, 0.1) is 31.5 Å². The van der Waals surface area contributed by atoms with Crippen LogP contribution in [0, 0.1) is 0 Å². The number of carbonyl (C=O) groups excluding carboxylic acids is 2. The number of amides is 2. The number of anilines is 3. The minimum absolute atomic E-state index is 0.143. The molecule has 3 atom stereocenters. The van der Waals surface area contributed by atoms with Gasteiger partial charge in [-0.2, -0.15) is 0 Å². The number of aliphatic imine (C=N–C) groups is 1. The molecular weight excluding hydrogens is 641 g/mol. The summed E-state index contributed by atoms with van der Waals surface area (Å²) in [7, 11) is 0. The normalized spacial score (nSPS) is 21.3. The van der Waals surface area contributed by atoms with Gasteiger partial charge in [-0.25, -0.2) is 19.8 Å². The molecule has 3 aromatic carbocycles. The minimum Gasteiger partial charge on any atom is -0.378 e. The summed E-state index contributed by atoms with van der Waals surface area (Å²) in [5.74, 6) is 0.149. The van der Waals surface area contributed by atoms with Gasteiger partial charge < -0.3 is 24.8 Å². The van der Waals surface area contributed by atoms with Crippen molar-refractivity contribution in [3.05, 3.63) is 114 Å². The Kier molecular flexibility index (Phi) is 10.3. The van der Waals surface area contributed by atoms with Crippen LogP contribution in [0.5, 0.6) is 0 Å². The first-order valence-electron chi connectivity index (χ1n) is 16.5. The van der Waals surface area contributed by atoms with Crippen molar-refractivity contribution in [1.82, 2.24) is 9.88 Å². The molecule has 11 nitrogen and oxygen atoms in total. The monoisotopic (exact) mass is 678 g/mol. The number of aliphatic hydroxyl groups is 1. The number of benzene rings is 3. The summed E-state index contributed by atoms with van der Waals surface area (Å²) in [4.78, 5) is 42.1. The number of aromatic nitrogens is 1. The fraction of sp³-hybridized carbons (Fsp3) is 0.297. The average molecular weight is 679 g/mol. The number of hydrogen-bond acceptors (Lipinski definition) is 10. The zero-order valence-electron chi connectivity index (χ0n) is 26.9. The average Bonchev–Trinajstić information content (AvgIpc) is 3.77. The van der Waals surface area contributed by atoms with Crippen molar-refractivity contribution < 1.29 is 24.2 Å². The van der Waals surface area contributed by atoms with Crippen LogP contribution in [0.25, 0.3) is 0 Å². The lowest BCUT2D eigenvalue weighted by molar-refractivity contribution is -0.204. The lowest BCUT2D eigenvalue weighted by atomic mass is 10.1. The summed E-state index contributed by atoms with van der Waals surface area (Å²) in [6.07, 6.45) is 1.86. The third-order valence-electron chi connectivity index (χ3n) is 8.79. The maximum absolute atomic E-state index is 13.9. The standard InChI is InChI=1S/C37H38N6O5S/c44-34(31-9-6-20-42(31)37(46)48-25-26-7-2-1-3-8-26)39-28-13-11-27(12-14-28)33-35(45)43(32-10-4-5-19-38-32)36(49-33)40-29-15-17-30(18-16-29)41-21-23-47-24-22-41/h1-5,7-8,10-19,31,33,37,46H,6,9,20-25H2,(H,39,44)/t31-,33?,37?/m0/s1. The number of likely N-dealkylation sites (tertiary alicyclic amines) is 1. The van der Waals surface area contributed by atoms with Crippen molar-refractivity contribution in [3.63, 3.8) is 0 Å². The van der Waals surface area contributed by atoms with Crippen molar-refractivity contribution in [2.24, 2.45) is 4.99 Å². The fourth-order valence-electron chi connectivity index (χ4n) is 6.22. The molecule has 0 spiro atoms. The maximum atomic E-state index is 13.9. The van der Waals surface area contributed by atoms with Crippen LogP contribution in [-0.2, 0) is 25.7 Å². The van der Waals surface area contributed by atoms with Crippen LogP contribution >= 0.6 is 11.8 Å². The number of nitrogens with zero attached hydrogens (tertiary/aromatic N) is 5. The molecule has 1 aromatic heterocycles. The molecular formula is C37H38N6O5S. The third kappa shape index (κ3) is 7.69. The molecule has 12 heteroatoms. The number of carbonyl (C=O) groups is 2. The summed E-state index contributed by atoms with van der Waals surface area (Å²) in [5, 5.41) is 13.7. The van der Waals surface area contributed by atoms with Crippen molar-refractivity contribution in [2.75, 3.05) is 48.0 Å². The number of morpholine rings is 1. The smallest absolute Gasteiger partial charge is 0.252 e. The molecule has 4 aromatic rings. The predicted molar refractivity (Wildman–Crippen MR) is 191 cm³/mol. The van der Waals surface area contributed by atoms with E-state index in [1.807, 2.05) is 78.9 Å². The number of pyridine rings is 1. The predicted octanol–water partition coefficient (Wildman–Crippen LogP) is 5.32. The van der Waals surface area contributed by atoms with Crippen LogP contribution in [0.4, 0.5) is 22.9 Å². The first-order valence-corrected chi connectivity index (χ1v) is 17.3. The number of amidine groups is 1. The summed E-state index contributed by atoms with van der Waals surface area (Å²) in [6, 6.07) is 29.9. The van der Waals surface area contributed by atoms with Gasteiger partial charge in [-0.3, -0.25) is 9.59 Å². The number of thioether (sulfide) groups is 1. The Morgan fingerprint density at radius 3 is 2.47 bits per heavy atom. The quantitative estimate of drug-likeness (QED) is 0.215. The largest absolute Gasteiger partial charge is 0.378 e. The molecule has 4 heterocycles. The molecule has 3 fully saturated rings. The Labute approximate surface area is 289 Å². The topological polar surface area (TPSA) is 120 Å². The van der Waals surface area contributed by atoms with Gasteiger partial charge in [-0.1, -0.05) is 60.3 Å². The van der Waals surface area contributed by atoms with Crippen molar-refractivity contribution in [3.8, 4) is 0 Å². The Balaban J connectivity index is 1.03. The minimum atomic E-state index is -1.19. The van der Waals surface area contributed by atoms with Gasteiger partial charge in [-0.05, 0) is 72.5 Å². The second kappa shape index (κ2) is 15.3. The summed E-state index contributed by atoms with van der Waals surface area (Å²) in [5.41, 5.74) is 4.19. The van der Waals surface area contributed by atoms with Gasteiger partial charge in [0.2, 0.25) is 12.3 Å². The van der Waals surface area contributed by atoms with Gasteiger partial charge in [-0.15, -0.1) is 0 Å². The molecule has 2 N–H and O–H groups in total. The van der Waals surface area contributed by atoms with Gasteiger partial charge >= 0.3 is 0 Å². The first kappa shape index (κ1) is 32.9. The molecule has 49 heavy (non-hydrogen) atoms. The molecule has 0 saturated carbocycles. The van der Waals surface area contributed by atoms with Crippen molar-refractivity contribution in [1.29, 1.82) is 0 Å². The van der Waals surface area contributed by atoms with E-state index in [0.29, 0.717) is 42.9 Å². The van der Waals surface area contributed by atoms with E-state index in [1.165, 1.54) is 11.8 Å². The van der Waals surface area contributed by atoms with Gasteiger partial charge in [0, 0.05) is 37.2 Å². The number of nitrogens with one attached hydrogen (secondary N) is 1. The molecule has 2 amide bonds.